The molecule has 1 fully saturated rings. The van der Waals surface area contributed by atoms with E-state index in [4.69, 9.17) is 60.2 Å². The van der Waals surface area contributed by atoms with Crippen molar-refractivity contribution in [2.24, 2.45) is 11.6 Å². The Morgan fingerprint density at radius 2 is 1.61 bits per heavy atom. The number of aliphatic hydroxyl groups excluding tert-OH is 2. The molecule has 4 heterocycles. The number of anilines is 1. The van der Waals surface area contributed by atoms with Crippen molar-refractivity contribution in [1.29, 1.82) is 5.41 Å². The highest BCUT2D eigenvalue weighted by Crippen LogP contribution is 2.63. The lowest BCUT2D eigenvalue weighted by molar-refractivity contribution is -0.122. The molecule has 4 rings (SSSR count). The maximum absolute atomic E-state index is 14.7. The van der Waals surface area contributed by atoms with Gasteiger partial charge in [0.1, 0.15) is 41.9 Å². The van der Waals surface area contributed by atoms with Crippen LogP contribution in [0.4, 0.5) is 5.82 Å². The molecule has 13 N–H and O–H groups in total. The zero-order valence-electron chi connectivity index (χ0n) is 44.6. The number of aromatic nitrogens is 5. The largest absolute Gasteiger partial charge is 0.491 e. The fourth-order valence-corrected chi connectivity index (χ4v) is 11.7. The van der Waals surface area contributed by atoms with Gasteiger partial charge < -0.3 is 79.7 Å². The Bertz CT molecular complexity index is 2420. The Balaban J connectivity index is 1.20. The summed E-state index contributed by atoms with van der Waals surface area (Å²) in [5, 5.41) is 33.0. The summed E-state index contributed by atoms with van der Waals surface area (Å²) in [4.78, 5) is 57.2. The number of hydrogen-bond acceptors (Lipinski definition) is 21. The minimum absolute atomic E-state index is 0.0114. The Morgan fingerprint density at radius 1 is 0.974 bits per heavy atom. The number of carbonyl (C=O) groups excluding carboxylic acids is 1. The third-order valence-corrected chi connectivity index (χ3v) is 16.8. The number of nitrogens with zero attached hydrogens (tertiary/aromatic N) is 6. The molecule has 3 aromatic rings. The van der Waals surface area contributed by atoms with Gasteiger partial charge in [0.25, 0.3) is 0 Å². The summed E-state index contributed by atoms with van der Waals surface area (Å²) in [6.45, 7) is 13.4. The summed E-state index contributed by atoms with van der Waals surface area (Å²) >= 11 is 0. The number of hydrazine groups is 1. The molecule has 27 nitrogen and oxygen atoms in total. The van der Waals surface area contributed by atoms with Gasteiger partial charge in [0.05, 0.1) is 94.4 Å². The number of rotatable bonds is 38. The van der Waals surface area contributed by atoms with Gasteiger partial charge in [0.2, 0.25) is 5.91 Å². The average molecular weight is 1120 g/mol. The van der Waals surface area contributed by atoms with Gasteiger partial charge in [-0.2, -0.15) is 0 Å². The van der Waals surface area contributed by atoms with Crippen LogP contribution in [0.1, 0.15) is 112 Å². The van der Waals surface area contributed by atoms with Crippen LogP contribution < -0.4 is 32.9 Å². The lowest BCUT2D eigenvalue weighted by Gasteiger charge is -2.39. The molecule has 0 saturated carbocycles. The molecular formula is C47H83N11O16P2. The summed E-state index contributed by atoms with van der Waals surface area (Å²) in [5.74, 6) is 6.32. The summed E-state index contributed by atoms with van der Waals surface area (Å²) in [6.07, 6.45) is 1.06. The number of phosphoric ester groups is 1. The number of amides is 1. The van der Waals surface area contributed by atoms with Gasteiger partial charge in [-0.05, 0) is 57.9 Å². The predicted octanol–water partition coefficient (Wildman–Crippen LogP) is 2.87. The molecule has 29 heteroatoms. The standard InChI is InChI=1S/C47H83N11O16P2/c1-7-33(6)57-16-14-36(25-38(57)49)71-24-23-69-20-19-67-17-18-68-21-22-70-30-34(48)28-56(51)15-12-13-39(60)55-35(29-59)26-47(10-4,11-5)75(62,63)73-42-41(61)37(27-46(8-2,9-3)74-76(64,65)66)72-45(42)58-32-54-40-43(50)52-31-53-44(40)58/h14,16,25,28,31-33,35,37,41-42,45,49,59,61H,7-13,15,17-24,26-27,29-30,48,51H2,1-6H3,(H,55,60)(H,62,63)(H2,50,52,53)(H2,64,65,66)/b34-28-,49-38?/t33?,35?,37-,41?,42?,45-/m0/s1. The molecule has 0 bridgehead atoms. The highest BCUT2D eigenvalue weighted by atomic mass is 31.2. The lowest BCUT2D eigenvalue weighted by Crippen LogP contribution is -2.45. The number of phosphoric acid groups is 1. The summed E-state index contributed by atoms with van der Waals surface area (Å²) in [6, 6.07) is 2.80. The van der Waals surface area contributed by atoms with E-state index in [0.717, 1.165) is 6.42 Å². The molecule has 76 heavy (non-hydrogen) atoms. The number of imidazole rings is 1. The second-order valence-corrected chi connectivity index (χ2v) is 22.0. The predicted molar refractivity (Wildman–Crippen MR) is 279 cm³/mol. The molecular weight excluding hydrogens is 1040 g/mol. The summed E-state index contributed by atoms with van der Waals surface area (Å²) in [7, 11) is -9.89. The van der Waals surface area contributed by atoms with E-state index in [9.17, 15) is 38.8 Å². The number of nitrogens with two attached hydrogens (primary N) is 3. The molecule has 1 saturated heterocycles. The van der Waals surface area contributed by atoms with Crippen molar-refractivity contribution in [1.82, 2.24) is 34.4 Å². The molecule has 1 aliphatic rings. The van der Waals surface area contributed by atoms with Crippen LogP contribution in [0.15, 0.2) is 42.9 Å². The summed E-state index contributed by atoms with van der Waals surface area (Å²) < 4.78 is 75.6. The first-order valence-corrected chi connectivity index (χ1v) is 28.8. The number of pyridine rings is 1. The van der Waals surface area contributed by atoms with Crippen molar-refractivity contribution < 1.29 is 76.3 Å². The van der Waals surface area contributed by atoms with Crippen molar-refractivity contribution >= 4 is 38.3 Å². The highest BCUT2D eigenvalue weighted by Gasteiger charge is 2.56. The third kappa shape index (κ3) is 18.8. The second-order valence-electron chi connectivity index (χ2n) is 18.7. The highest BCUT2D eigenvalue weighted by molar-refractivity contribution is 7.54. The van der Waals surface area contributed by atoms with E-state index in [1.165, 1.54) is 28.4 Å². The summed E-state index contributed by atoms with van der Waals surface area (Å²) in [5.41, 5.74) is 11.7. The van der Waals surface area contributed by atoms with Crippen LogP contribution in [-0.2, 0) is 46.7 Å². The average Bonchev–Trinajstić information content (AvgIpc) is 3.94. The van der Waals surface area contributed by atoms with Crippen molar-refractivity contribution in [2.45, 2.75) is 147 Å². The maximum Gasteiger partial charge on any atom is 0.470 e. The number of carbonyl (C=O) groups is 1. The number of aliphatic hydroxyl groups is 2. The van der Waals surface area contributed by atoms with E-state index < -0.39 is 69.3 Å². The zero-order chi connectivity index (χ0) is 56.1. The Morgan fingerprint density at radius 3 is 2.18 bits per heavy atom. The SMILES string of the molecule is CCC(C)n1ccc(OCCOCCOCCOCCOC/C(N)=C/N(N)CCCC(=O)NC(CO)CC(CC)(CC)P(=O)(O)OC2C(O)[C@H](CC(CC)(CC)OP(=O)(O)O)O[C@@H]2n2cnc3c(N)ncnc32)cc1=N. The van der Waals surface area contributed by atoms with Crippen LogP contribution in [0.3, 0.4) is 0 Å². The minimum atomic E-state index is -5.02. The molecule has 0 aromatic carbocycles. The van der Waals surface area contributed by atoms with Crippen LogP contribution in [0.2, 0.25) is 0 Å². The fraction of sp³-hybridized carbons (Fsp3) is 0.723. The number of hydrogen-bond donors (Lipinski definition) is 10. The number of ether oxygens (including phenoxy) is 6. The Kier molecular flexibility index (Phi) is 26.1. The molecule has 5 unspecified atom stereocenters. The van der Waals surface area contributed by atoms with Crippen molar-refractivity contribution in [2.75, 3.05) is 78.3 Å². The maximum atomic E-state index is 14.7. The van der Waals surface area contributed by atoms with Gasteiger partial charge >= 0.3 is 15.4 Å². The molecule has 7 atom stereocenters. The zero-order valence-corrected chi connectivity index (χ0v) is 46.4. The first kappa shape index (κ1) is 64.4. The van der Waals surface area contributed by atoms with E-state index >= 15 is 0 Å². The van der Waals surface area contributed by atoms with E-state index in [1.54, 1.807) is 33.8 Å². The van der Waals surface area contributed by atoms with E-state index in [2.05, 4.69) is 34.1 Å². The molecule has 0 radical (unpaired) electrons. The normalized spacial score (nSPS) is 19.2. The second kappa shape index (κ2) is 30.9. The Labute approximate surface area is 444 Å². The van der Waals surface area contributed by atoms with Gasteiger partial charge in [0, 0.05) is 43.9 Å². The van der Waals surface area contributed by atoms with Crippen LogP contribution >= 0.6 is 15.4 Å². The number of nitrogen functional groups attached to an aromatic ring is 1. The first-order chi connectivity index (χ1) is 36.1. The molecule has 3 aromatic heterocycles. The van der Waals surface area contributed by atoms with E-state index in [0.29, 0.717) is 63.2 Å². The van der Waals surface area contributed by atoms with Gasteiger partial charge in [-0.1, -0.05) is 34.6 Å². The molecule has 0 aliphatic carbocycles. The monoisotopic (exact) mass is 1120 g/mol. The van der Waals surface area contributed by atoms with Crippen LogP contribution in [0, 0.1) is 5.41 Å². The first-order valence-electron chi connectivity index (χ1n) is 25.7. The number of fused-ring (bicyclic) bond motifs is 1. The quantitative estimate of drug-likeness (QED) is 0.0171. The number of nitrogens with one attached hydrogen (secondary N) is 2. The van der Waals surface area contributed by atoms with Gasteiger partial charge in [0.15, 0.2) is 17.7 Å². The van der Waals surface area contributed by atoms with Crippen LogP contribution in [-0.4, -0.2) is 168 Å². The molecule has 1 amide bonds. The smallest absolute Gasteiger partial charge is 0.470 e. The molecule has 1 aliphatic heterocycles. The van der Waals surface area contributed by atoms with Crippen LogP contribution in [0.5, 0.6) is 5.75 Å². The fourth-order valence-electron chi connectivity index (χ4n) is 8.82. The minimum Gasteiger partial charge on any atom is -0.491 e. The molecule has 0 spiro atoms. The van der Waals surface area contributed by atoms with E-state index in [-0.39, 0.29) is 94.1 Å². The van der Waals surface area contributed by atoms with Gasteiger partial charge in [-0.25, -0.2) is 25.4 Å². The third-order valence-electron chi connectivity index (χ3n) is 13.6. The molecule has 432 valence electrons. The van der Waals surface area contributed by atoms with Crippen LogP contribution in [0.25, 0.3) is 11.2 Å². The topological polar surface area (TPSA) is 392 Å². The van der Waals surface area contributed by atoms with Crippen molar-refractivity contribution in [3.8, 4) is 5.75 Å². The van der Waals surface area contributed by atoms with Gasteiger partial charge in [-0.15, -0.1) is 0 Å². The van der Waals surface area contributed by atoms with Gasteiger partial charge in [-0.3, -0.25) is 28.4 Å². The lowest BCUT2D eigenvalue weighted by atomic mass is 9.88. The Hall–Kier alpha value is -4.15. The van der Waals surface area contributed by atoms with Crippen molar-refractivity contribution in [3.05, 3.63) is 48.4 Å². The van der Waals surface area contributed by atoms with Crippen molar-refractivity contribution in [3.63, 3.8) is 0 Å². The van der Waals surface area contributed by atoms with E-state index in [1.807, 2.05) is 16.8 Å².